The minimum absolute atomic E-state index is 0.0609. The predicted molar refractivity (Wildman–Crippen MR) is 67.9 cm³/mol. The first-order chi connectivity index (χ1) is 8.97. The van der Waals surface area contributed by atoms with Gasteiger partial charge in [0.05, 0.1) is 6.61 Å². The number of imidazole rings is 1. The Labute approximate surface area is 107 Å². The number of hydrogen-bond acceptors (Lipinski definition) is 6. The van der Waals surface area contributed by atoms with Crippen LogP contribution in [0.15, 0.2) is 18.7 Å². The summed E-state index contributed by atoms with van der Waals surface area (Å²) in [6.45, 7) is 0.0609. The Morgan fingerprint density at radius 3 is 2.95 bits per heavy atom. The molecule has 0 saturated carbocycles. The van der Waals surface area contributed by atoms with E-state index in [0.29, 0.717) is 11.2 Å². The maximum Gasteiger partial charge on any atom is 0.350 e. The third kappa shape index (κ3) is 3.58. The second-order valence-corrected chi connectivity index (χ2v) is 5.22. The molecule has 0 bridgehead atoms. The molecule has 0 unspecified atom stereocenters. The summed E-state index contributed by atoms with van der Waals surface area (Å²) in [7, 11) is -4.12. The fraction of sp³-hybridized carbons (Fsp3) is 0.222. The number of nitrogen functional groups attached to an aromatic ring is 1. The van der Waals surface area contributed by atoms with E-state index in [9.17, 15) is 4.57 Å². The van der Waals surface area contributed by atoms with Crippen molar-refractivity contribution in [1.82, 2.24) is 19.5 Å². The summed E-state index contributed by atoms with van der Waals surface area (Å²) < 4.78 is 16.9. The van der Waals surface area contributed by atoms with E-state index in [1.807, 2.05) is 0 Å². The lowest BCUT2D eigenvalue weighted by Crippen LogP contribution is -1.96. The highest BCUT2D eigenvalue weighted by molar-refractivity contribution is 7.51. The van der Waals surface area contributed by atoms with Crippen molar-refractivity contribution in [2.24, 2.45) is 0 Å². The zero-order chi connectivity index (χ0) is 13.9. The molecule has 0 fully saturated rings. The first-order valence-electron chi connectivity index (χ1n) is 5.19. The molecule has 0 aliphatic heterocycles. The number of rotatable bonds is 5. The Morgan fingerprint density at radius 2 is 2.21 bits per heavy atom. The Hall–Kier alpha value is -1.80. The van der Waals surface area contributed by atoms with Gasteiger partial charge in [0.1, 0.15) is 19.0 Å². The highest BCUT2D eigenvalue weighted by atomic mass is 31.2. The van der Waals surface area contributed by atoms with Gasteiger partial charge in [-0.3, -0.25) is 9.13 Å². The molecule has 0 atom stereocenters. The maximum absolute atomic E-state index is 10.5. The molecule has 0 aliphatic carbocycles. The average molecular weight is 285 g/mol. The minimum atomic E-state index is -4.12. The number of aromatic nitrogens is 4. The van der Waals surface area contributed by atoms with Crippen molar-refractivity contribution in [2.45, 2.75) is 0 Å². The van der Waals surface area contributed by atoms with E-state index < -0.39 is 13.9 Å². The van der Waals surface area contributed by atoms with Gasteiger partial charge in [-0.1, -0.05) is 0 Å². The van der Waals surface area contributed by atoms with Crippen molar-refractivity contribution in [2.75, 3.05) is 18.7 Å². The van der Waals surface area contributed by atoms with E-state index in [4.69, 9.17) is 20.3 Å². The van der Waals surface area contributed by atoms with Gasteiger partial charge in [-0.2, -0.15) is 0 Å². The molecule has 2 rings (SSSR count). The number of ether oxygens (including phenoxy) is 1. The SMILES string of the molecule is Nc1ncnc2c1ncn2/C=C\COCP(=O)(O)O. The van der Waals surface area contributed by atoms with Gasteiger partial charge >= 0.3 is 7.60 Å². The normalized spacial score (nSPS) is 12.5. The minimum Gasteiger partial charge on any atom is -0.382 e. The number of anilines is 1. The van der Waals surface area contributed by atoms with Crippen molar-refractivity contribution in [3.05, 3.63) is 18.7 Å². The Balaban J connectivity index is 2.02. The number of nitrogens with two attached hydrogens (primary N) is 1. The molecule has 4 N–H and O–H groups in total. The fourth-order valence-electron chi connectivity index (χ4n) is 1.38. The number of nitrogens with zero attached hydrogens (tertiary/aromatic N) is 4. The van der Waals surface area contributed by atoms with Gasteiger partial charge in [0, 0.05) is 6.20 Å². The van der Waals surface area contributed by atoms with Gasteiger partial charge in [0.25, 0.3) is 0 Å². The summed E-state index contributed by atoms with van der Waals surface area (Å²) in [6.07, 6.45) is 5.41. The Bertz CT molecular complexity index is 649. The monoisotopic (exact) mass is 285 g/mol. The van der Waals surface area contributed by atoms with Crippen molar-refractivity contribution in [1.29, 1.82) is 0 Å². The van der Waals surface area contributed by atoms with Crippen LogP contribution < -0.4 is 5.73 Å². The predicted octanol–water partition coefficient (Wildman–Crippen LogP) is 0.0310. The molecule has 102 valence electrons. The molecule has 9 nitrogen and oxygen atoms in total. The molecule has 0 spiro atoms. The second kappa shape index (κ2) is 5.45. The maximum atomic E-state index is 10.5. The van der Waals surface area contributed by atoms with Gasteiger partial charge in [-0.25, -0.2) is 15.0 Å². The smallest absolute Gasteiger partial charge is 0.350 e. The molecule has 0 aromatic carbocycles. The van der Waals surface area contributed by atoms with Gasteiger partial charge in [0.2, 0.25) is 0 Å². The van der Waals surface area contributed by atoms with E-state index in [-0.39, 0.29) is 12.4 Å². The topological polar surface area (TPSA) is 136 Å². The molecular formula is C9H12N5O4P. The zero-order valence-corrected chi connectivity index (χ0v) is 10.6. The van der Waals surface area contributed by atoms with E-state index in [0.717, 1.165) is 0 Å². The van der Waals surface area contributed by atoms with Crippen LogP contribution in [0.5, 0.6) is 0 Å². The van der Waals surface area contributed by atoms with Crippen LogP contribution in [0.4, 0.5) is 5.82 Å². The summed E-state index contributed by atoms with van der Waals surface area (Å²) in [5.74, 6) is 0.287. The first kappa shape index (κ1) is 13.6. The quantitative estimate of drug-likeness (QED) is 0.517. The van der Waals surface area contributed by atoms with Gasteiger partial charge < -0.3 is 20.3 Å². The Kier molecular flexibility index (Phi) is 3.91. The molecule has 2 aromatic rings. The Morgan fingerprint density at radius 1 is 1.42 bits per heavy atom. The highest BCUT2D eigenvalue weighted by Crippen LogP contribution is 2.33. The van der Waals surface area contributed by atoms with Crippen molar-refractivity contribution >= 4 is 30.8 Å². The van der Waals surface area contributed by atoms with Crippen LogP contribution in [0.25, 0.3) is 17.4 Å². The molecule has 10 heteroatoms. The van der Waals surface area contributed by atoms with E-state index in [1.54, 1.807) is 16.8 Å². The number of hydrogen-bond donors (Lipinski definition) is 3. The lowest BCUT2D eigenvalue weighted by molar-refractivity contribution is 0.185. The van der Waals surface area contributed by atoms with Crippen LogP contribution in [-0.2, 0) is 9.30 Å². The van der Waals surface area contributed by atoms with Crippen LogP contribution in [0, 0.1) is 0 Å². The molecule has 0 amide bonds. The summed E-state index contributed by atoms with van der Waals surface area (Å²) in [4.78, 5) is 29.1. The van der Waals surface area contributed by atoms with Gasteiger partial charge in [-0.15, -0.1) is 0 Å². The fourth-order valence-corrected chi connectivity index (χ4v) is 1.72. The molecular weight excluding hydrogens is 273 g/mol. The molecule has 2 heterocycles. The van der Waals surface area contributed by atoms with Gasteiger partial charge in [-0.05, 0) is 6.08 Å². The van der Waals surface area contributed by atoms with Crippen LogP contribution in [0.2, 0.25) is 0 Å². The zero-order valence-electron chi connectivity index (χ0n) is 9.75. The highest BCUT2D eigenvalue weighted by Gasteiger charge is 2.11. The summed E-state index contributed by atoms with van der Waals surface area (Å²) in [5, 5.41) is 0. The van der Waals surface area contributed by atoms with Crippen molar-refractivity contribution in [3.63, 3.8) is 0 Å². The molecule has 0 radical (unpaired) electrons. The van der Waals surface area contributed by atoms with Crippen LogP contribution in [0.1, 0.15) is 0 Å². The standard InChI is InChI=1S/C9H12N5O4P/c10-8-7-9(12-4-11-8)14(5-13-7)2-1-3-18-6-19(15,16)17/h1-2,4-5H,3,6H2,(H2,10,11,12)(H2,15,16,17)/b2-1-. The average Bonchev–Trinajstić information content (AvgIpc) is 2.72. The molecule has 19 heavy (non-hydrogen) atoms. The van der Waals surface area contributed by atoms with Crippen LogP contribution in [0.3, 0.4) is 0 Å². The van der Waals surface area contributed by atoms with Crippen molar-refractivity contribution in [3.8, 4) is 0 Å². The van der Waals surface area contributed by atoms with E-state index >= 15 is 0 Å². The largest absolute Gasteiger partial charge is 0.382 e. The molecule has 0 aliphatic rings. The van der Waals surface area contributed by atoms with Crippen molar-refractivity contribution < 1.29 is 19.1 Å². The van der Waals surface area contributed by atoms with Gasteiger partial charge in [0.15, 0.2) is 17.0 Å². The summed E-state index contributed by atoms with van der Waals surface area (Å²) in [5.41, 5.74) is 6.66. The lowest BCUT2D eigenvalue weighted by atomic mass is 10.5. The first-order valence-corrected chi connectivity index (χ1v) is 6.99. The van der Waals surface area contributed by atoms with Crippen LogP contribution >= 0.6 is 7.60 Å². The summed E-state index contributed by atoms with van der Waals surface area (Å²) in [6, 6.07) is 0. The van der Waals surface area contributed by atoms with E-state index in [2.05, 4.69) is 15.0 Å². The second-order valence-electron chi connectivity index (χ2n) is 3.63. The molecule has 0 saturated heterocycles. The third-order valence-corrected chi connectivity index (χ3v) is 2.65. The molecule has 2 aromatic heterocycles. The number of fused-ring (bicyclic) bond motifs is 1. The third-order valence-electron chi connectivity index (χ3n) is 2.13. The summed E-state index contributed by atoms with van der Waals surface area (Å²) >= 11 is 0. The lowest BCUT2D eigenvalue weighted by Gasteiger charge is -2.02. The van der Waals surface area contributed by atoms with E-state index in [1.165, 1.54) is 12.7 Å². The van der Waals surface area contributed by atoms with Crippen LogP contribution in [-0.4, -0.2) is 42.3 Å².